The molecule has 2 saturated heterocycles. The molecule has 12 heteroatoms. The lowest BCUT2D eigenvalue weighted by Gasteiger charge is -2.18. The van der Waals surface area contributed by atoms with E-state index in [2.05, 4.69) is 32.5 Å². The molecule has 0 saturated carbocycles. The van der Waals surface area contributed by atoms with Gasteiger partial charge in [-0.05, 0) is 76.2 Å². The minimum absolute atomic E-state index is 0.0947. The molecule has 4 aromatic heterocycles. The van der Waals surface area contributed by atoms with Crippen molar-refractivity contribution in [1.82, 2.24) is 38.9 Å². The number of hydrogen-bond donors (Lipinski definition) is 2. The molecule has 2 aliphatic rings. The molecule has 0 radical (unpaired) electrons. The van der Waals surface area contributed by atoms with Gasteiger partial charge in [-0.25, -0.2) is 15.0 Å². The number of nitrogens with zero attached hydrogens (tertiary/aromatic N) is 8. The lowest BCUT2D eigenvalue weighted by atomic mass is 10.0. The lowest BCUT2D eigenvalue weighted by Crippen LogP contribution is -2.35. The van der Waals surface area contributed by atoms with E-state index in [4.69, 9.17) is 9.97 Å². The quantitative estimate of drug-likeness (QED) is 0.265. The molecule has 7 rings (SSSR count). The van der Waals surface area contributed by atoms with Gasteiger partial charge < -0.3 is 25.0 Å². The van der Waals surface area contributed by atoms with Crippen molar-refractivity contribution in [3.63, 3.8) is 0 Å². The van der Waals surface area contributed by atoms with Gasteiger partial charge in [0.2, 0.25) is 11.9 Å². The van der Waals surface area contributed by atoms with Crippen molar-refractivity contribution in [2.75, 3.05) is 43.9 Å². The number of pyridine rings is 2. The second kappa shape index (κ2) is 12.4. The molecule has 236 valence electrons. The van der Waals surface area contributed by atoms with Gasteiger partial charge in [0, 0.05) is 84.9 Å². The van der Waals surface area contributed by atoms with Crippen molar-refractivity contribution in [3.8, 4) is 22.6 Å². The van der Waals surface area contributed by atoms with E-state index in [0.29, 0.717) is 58.6 Å². The van der Waals surface area contributed by atoms with E-state index in [1.165, 1.54) is 4.57 Å². The molecule has 1 aromatic carbocycles. The molecule has 2 aliphatic heterocycles. The largest absolute Gasteiger partial charge is 0.381 e. The normalized spacial score (nSPS) is 16.8. The Balaban J connectivity index is 1.22. The average Bonchev–Trinajstić information content (AvgIpc) is 3.83. The molecule has 12 nitrogen and oxygen atoms in total. The van der Waals surface area contributed by atoms with E-state index in [9.17, 15) is 9.59 Å². The second-order valence-corrected chi connectivity index (χ2v) is 12.3. The SMILES string of the molecule is Cc1nc(-c2nccn2C)ccc1-c1cc2cnc(Nc3ccc(NC4CCN(C)C4)cc3)nc2n(CC(=O)N2CCCC2)c1=O. The molecule has 1 unspecified atom stereocenters. The van der Waals surface area contributed by atoms with E-state index >= 15 is 0 Å². The fraction of sp³-hybridized carbons (Fsp3) is 0.353. The van der Waals surface area contributed by atoms with E-state index < -0.39 is 0 Å². The number of aromatic nitrogens is 6. The summed E-state index contributed by atoms with van der Waals surface area (Å²) in [6.07, 6.45) is 8.35. The number of likely N-dealkylation sites (N-methyl/N-ethyl adjacent to an activating group) is 1. The summed E-state index contributed by atoms with van der Waals surface area (Å²) < 4.78 is 3.38. The van der Waals surface area contributed by atoms with Crippen LogP contribution in [0.1, 0.15) is 25.0 Å². The molecule has 1 atom stereocenters. The van der Waals surface area contributed by atoms with Crippen molar-refractivity contribution in [3.05, 3.63) is 77.1 Å². The van der Waals surface area contributed by atoms with Gasteiger partial charge in [0.05, 0.1) is 0 Å². The highest BCUT2D eigenvalue weighted by Gasteiger charge is 2.23. The molecule has 2 N–H and O–H groups in total. The summed E-state index contributed by atoms with van der Waals surface area (Å²) in [5.41, 5.74) is 4.52. The molecule has 0 bridgehead atoms. The predicted molar refractivity (Wildman–Crippen MR) is 179 cm³/mol. The number of benzene rings is 1. The van der Waals surface area contributed by atoms with Gasteiger partial charge in [0.1, 0.15) is 17.9 Å². The van der Waals surface area contributed by atoms with E-state index in [0.717, 1.165) is 49.6 Å². The van der Waals surface area contributed by atoms with Crippen LogP contribution in [0, 0.1) is 6.92 Å². The maximum absolute atomic E-state index is 14.2. The Morgan fingerprint density at radius 3 is 2.43 bits per heavy atom. The summed E-state index contributed by atoms with van der Waals surface area (Å²) in [6.45, 7) is 5.30. The van der Waals surface area contributed by atoms with Crippen molar-refractivity contribution >= 4 is 34.3 Å². The molecule has 46 heavy (non-hydrogen) atoms. The minimum Gasteiger partial charge on any atom is -0.381 e. The summed E-state index contributed by atoms with van der Waals surface area (Å²) in [7, 11) is 4.05. The molecule has 0 aliphatic carbocycles. The standard InChI is InChI=1S/C34H38N10O2/c1-22-27(10-11-29(37-22)32-35-13-17-42(32)3)28-18-23-19-36-34(39-25-8-6-24(7-9-25)38-26-12-16-41(2)20-26)40-31(23)44(33(28)46)21-30(45)43-14-4-5-15-43/h6-11,13,17-19,26,38H,4-5,12,14-16,20-21H2,1-3H3,(H,36,39,40). The lowest BCUT2D eigenvalue weighted by molar-refractivity contribution is -0.130. The molecule has 0 spiro atoms. The molecule has 5 aromatic rings. The highest BCUT2D eigenvalue weighted by molar-refractivity contribution is 5.85. The van der Waals surface area contributed by atoms with Crippen LogP contribution in [-0.4, -0.2) is 84.0 Å². The topological polar surface area (TPSA) is 126 Å². The molecule has 2 fully saturated rings. The van der Waals surface area contributed by atoms with Crippen molar-refractivity contribution in [2.24, 2.45) is 7.05 Å². The first kappa shape index (κ1) is 29.6. The van der Waals surface area contributed by atoms with Gasteiger partial charge in [0.15, 0.2) is 5.82 Å². The Kier molecular flexibility index (Phi) is 7.95. The van der Waals surface area contributed by atoms with Crippen LogP contribution in [0.3, 0.4) is 0 Å². The monoisotopic (exact) mass is 618 g/mol. The highest BCUT2D eigenvalue weighted by Crippen LogP contribution is 2.27. The number of fused-ring (bicyclic) bond motifs is 1. The Morgan fingerprint density at radius 2 is 1.74 bits per heavy atom. The van der Waals surface area contributed by atoms with Crippen LogP contribution in [-0.2, 0) is 18.4 Å². The molecular formula is C34H38N10O2. The third-order valence-corrected chi connectivity index (χ3v) is 8.91. The fourth-order valence-corrected chi connectivity index (χ4v) is 6.41. The maximum atomic E-state index is 14.2. The number of rotatable bonds is 8. The van der Waals surface area contributed by atoms with Gasteiger partial charge in [0.25, 0.3) is 5.56 Å². The van der Waals surface area contributed by atoms with E-state index in [-0.39, 0.29) is 18.0 Å². The molecule has 1 amide bonds. The molecule has 6 heterocycles. The second-order valence-electron chi connectivity index (χ2n) is 12.3. The average molecular weight is 619 g/mol. The first-order valence-electron chi connectivity index (χ1n) is 15.8. The molecular weight excluding hydrogens is 580 g/mol. The van der Waals surface area contributed by atoms with Crippen LogP contribution in [0.2, 0.25) is 0 Å². The summed E-state index contributed by atoms with van der Waals surface area (Å²) >= 11 is 0. The van der Waals surface area contributed by atoms with Crippen LogP contribution >= 0.6 is 0 Å². The van der Waals surface area contributed by atoms with Crippen LogP contribution in [0.5, 0.6) is 0 Å². The third kappa shape index (κ3) is 5.95. The van der Waals surface area contributed by atoms with Crippen molar-refractivity contribution in [1.29, 1.82) is 0 Å². The van der Waals surface area contributed by atoms with Gasteiger partial charge in [-0.15, -0.1) is 0 Å². The van der Waals surface area contributed by atoms with E-state index in [1.807, 2.05) is 66.0 Å². The summed E-state index contributed by atoms with van der Waals surface area (Å²) in [5, 5.41) is 7.52. The van der Waals surface area contributed by atoms with Gasteiger partial charge in [-0.3, -0.25) is 14.2 Å². The summed E-state index contributed by atoms with van der Waals surface area (Å²) in [5.74, 6) is 0.989. The summed E-state index contributed by atoms with van der Waals surface area (Å²) in [4.78, 5) is 50.2. The number of carbonyl (C=O) groups is 1. The number of nitrogens with one attached hydrogen (secondary N) is 2. The van der Waals surface area contributed by atoms with Crippen molar-refractivity contribution in [2.45, 2.75) is 38.8 Å². The zero-order chi connectivity index (χ0) is 31.8. The number of aryl methyl sites for hydroxylation is 2. The Morgan fingerprint density at radius 1 is 0.957 bits per heavy atom. The smallest absolute Gasteiger partial charge is 0.260 e. The maximum Gasteiger partial charge on any atom is 0.260 e. The number of anilines is 3. The number of likely N-dealkylation sites (tertiary alicyclic amines) is 2. The number of amides is 1. The summed E-state index contributed by atoms with van der Waals surface area (Å²) in [6, 6.07) is 14.0. The fourth-order valence-electron chi connectivity index (χ4n) is 6.41. The third-order valence-electron chi connectivity index (χ3n) is 8.91. The number of carbonyl (C=O) groups excluding carboxylic acids is 1. The van der Waals surface area contributed by atoms with Crippen molar-refractivity contribution < 1.29 is 4.79 Å². The first-order chi connectivity index (χ1) is 22.3. The number of imidazole rings is 1. The van der Waals surface area contributed by atoms with Crippen LogP contribution in [0.4, 0.5) is 17.3 Å². The van der Waals surface area contributed by atoms with Gasteiger partial charge in [-0.2, -0.15) is 4.98 Å². The Bertz CT molecular complexity index is 1960. The zero-order valence-electron chi connectivity index (χ0n) is 26.4. The van der Waals surface area contributed by atoms with Gasteiger partial charge >= 0.3 is 0 Å². The van der Waals surface area contributed by atoms with Crippen LogP contribution in [0.15, 0.2) is 65.8 Å². The van der Waals surface area contributed by atoms with Crippen LogP contribution < -0.4 is 16.2 Å². The van der Waals surface area contributed by atoms with E-state index in [1.54, 1.807) is 18.5 Å². The number of hydrogen-bond acceptors (Lipinski definition) is 9. The minimum atomic E-state index is -0.299. The highest BCUT2D eigenvalue weighted by atomic mass is 16.2. The van der Waals surface area contributed by atoms with Crippen LogP contribution in [0.25, 0.3) is 33.7 Å². The predicted octanol–water partition coefficient (Wildman–Crippen LogP) is 4.04. The Labute approximate surface area is 267 Å². The Hall–Kier alpha value is -5.10. The zero-order valence-corrected chi connectivity index (χ0v) is 26.4. The van der Waals surface area contributed by atoms with Gasteiger partial charge in [-0.1, -0.05) is 6.07 Å². The first-order valence-corrected chi connectivity index (χ1v) is 15.8.